The number of hydrogen-bond donors (Lipinski definition) is 1. The number of likely N-dealkylation sites (tertiary alicyclic amines) is 1. The van der Waals surface area contributed by atoms with Crippen LogP contribution in [-0.2, 0) is 13.6 Å². The van der Waals surface area contributed by atoms with Gasteiger partial charge in [0, 0.05) is 12.6 Å². The molecular weight excluding hydrogens is 512 g/mol. The summed E-state index contributed by atoms with van der Waals surface area (Å²) in [7, 11) is 1.96. The van der Waals surface area contributed by atoms with Crippen molar-refractivity contribution in [2.75, 3.05) is 19.7 Å². The Morgan fingerprint density at radius 1 is 1.05 bits per heavy atom. The number of aromatic carboxylic acids is 1. The summed E-state index contributed by atoms with van der Waals surface area (Å²) in [6.07, 6.45) is 1.81. The van der Waals surface area contributed by atoms with Gasteiger partial charge >= 0.3 is 5.97 Å². The number of para-hydroxylation sites is 2. The molecule has 5 aromatic rings. The average molecular weight is 541 g/mol. The number of hydrogen-bond acceptors (Lipinski definition) is 7. The molecule has 4 heterocycles. The Bertz CT molecular complexity index is 1670. The normalized spacial score (nSPS) is 18.1. The van der Waals surface area contributed by atoms with Gasteiger partial charge < -0.3 is 19.1 Å². The molecule has 2 aliphatic rings. The smallest absolute Gasteiger partial charge is 0.335 e. The van der Waals surface area contributed by atoms with Crippen molar-refractivity contribution in [2.45, 2.75) is 31.4 Å². The Morgan fingerprint density at radius 2 is 1.90 bits per heavy atom. The number of carboxylic acids is 1. The summed E-state index contributed by atoms with van der Waals surface area (Å²) in [4.78, 5) is 23.4. The van der Waals surface area contributed by atoms with E-state index in [1.165, 1.54) is 5.56 Å². The summed E-state index contributed by atoms with van der Waals surface area (Å²) >= 11 is 1.67. The van der Waals surface area contributed by atoms with Gasteiger partial charge in [-0.1, -0.05) is 24.3 Å². The summed E-state index contributed by atoms with van der Waals surface area (Å²) in [6, 6.07) is 19.5. The van der Waals surface area contributed by atoms with Crippen molar-refractivity contribution in [3.63, 3.8) is 0 Å². The molecule has 1 N–H and O–H groups in total. The van der Waals surface area contributed by atoms with Crippen molar-refractivity contribution in [1.82, 2.24) is 19.4 Å². The topological polar surface area (TPSA) is 89.7 Å². The first kappa shape index (κ1) is 24.1. The molecule has 0 spiro atoms. The van der Waals surface area contributed by atoms with Crippen LogP contribution >= 0.6 is 11.3 Å². The second-order valence-corrected chi connectivity index (χ2v) is 11.3. The number of carbonyl (C=O) groups is 1. The Hall–Kier alpha value is -3.95. The number of rotatable bonds is 5. The van der Waals surface area contributed by atoms with E-state index in [2.05, 4.69) is 23.1 Å². The van der Waals surface area contributed by atoms with Crippen molar-refractivity contribution in [3.8, 4) is 11.5 Å². The third-order valence-corrected chi connectivity index (χ3v) is 8.99. The predicted molar refractivity (Wildman–Crippen MR) is 150 cm³/mol. The van der Waals surface area contributed by atoms with Gasteiger partial charge in [-0.15, -0.1) is 11.3 Å². The van der Waals surface area contributed by atoms with Crippen LogP contribution in [0.2, 0.25) is 0 Å². The number of aromatic nitrogens is 3. The standard InChI is InChI=1S/C30H28N4O4S/c1-33-23-15-19(30(35)36)9-10-21(23)31-27(33)16-34-13-11-18(12-14-34)20-5-4-7-24-28(20)38-25(17-37-24)29-32-22-6-2-3-8-26(22)39-29/h2-10,15,18,25H,11-14,16-17H2,1H3,(H,35,36)/t25-/m0/s1. The number of imidazole rings is 1. The van der Waals surface area contributed by atoms with E-state index >= 15 is 0 Å². The summed E-state index contributed by atoms with van der Waals surface area (Å²) in [5.41, 5.74) is 4.15. The third kappa shape index (κ3) is 4.41. The lowest BCUT2D eigenvalue weighted by atomic mass is 9.88. The van der Waals surface area contributed by atoms with Gasteiger partial charge in [-0.3, -0.25) is 4.90 Å². The fourth-order valence-electron chi connectivity index (χ4n) is 5.70. The number of fused-ring (bicyclic) bond motifs is 3. The van der Waals surface area contributed by atoms with Crippen LogP contribution < -0.4 is 9.47 Å². The molecule has 2 aliphatic heterocycles. The van der Waals surface area contributed by atoms with Gasteiger partial charge in [0.1, 0.15) is 17.4 Å². The maximum absolute atomic E-state index is 11.4. The van der Waals surface area contributed by atoms with Crippen molar-refractivity contribution in [1.29, 1.82) is 0 Å². The molecule has 0 bridgehead atoms. The lowest BCUT2D eigenvalue weighted by Crippen LogP contribution is -2.33. The van der Waals surface area contributed by atoms with Crippen molar-refractivity contribution in [2.24, 2.45) is 7.05 Å². The minimum atomic E-state index is -0.925. The Balaban J connectivity index is 1.06. The number of benzene rings is 3. The number of nitrogens with zero attached hydrogens (tertiary/aromatic N) is 4. The summed E-state index contributed by atoms with van der Waals surface area (Å²) in [5, 5.41) is 10.3. The molecule has 9 heteroatoms. The minimum Gasteiger partial charge on any atom is -0.485 e. The second-order valence-electron chi connectivity index (χ2n) is 10.3. The average Bonchev–Trinajstić information content (AvgIpc) is 3.53. The van der Waals surface area contributed by atoms with Gasteiger partial charge in [0.15, 0.2) is 17.6 Å². The molecule has 0 saturated carbocycles. The van der Waals surface area contributed by atoms with Crippen LogP contribution in [0.4, 0.5) is 0 Å². The molecule has 2 aromatic heterocycles. The Kier molecular flexibility index (Phi) is 5.97. The van der Waals surface area contributed by atoms with Crippen LogP contribution in [0.1, 0.15) is 51.6 Å². The van der Waals surface area contributed by atoms with Crippen molar-refractivity contribution >= 4 is 38.6 Å². The first-order chi connectivity index (χ1) is 19.0. The highest BCUT2D eigenvalue weighted by molar-refractivity contribution is 7.18. The molecule has 1 fully saturated rings. The van der Waals surface area contributed by atoms with Gasteiger partial charge in [0.25, 0.3) is 0 Å². The lowest BCUT2D eigenvalue weighted by molar-refractivity contribution is 0.0697. The van der Waals surface area contributed by atoms with Gasteiger partial charge in [-0.05, 0) is 68.2 Å². The zero-order valence-electron chi connectivity index (χ0n) is 21.5. The molecule has 7 rings (SSSR count). The van der Waals surface area contributed by atoms with Crippen LogP contribution in [0.5, 0.6) is 11.5 Å². The number of carboxylic acid groups (broad SMARTS) is 1. The maximum Gasteiger partial charge on any atom is 0.335 e. The molecule has 1 saturated heterocycles. The zero-order valence-corrected chi connectivity index (χ0v) is 22.4. The minimum absolute atomic E-state index is 0.213. The van der Waals surface area contributed by atoms with Crippen molar-refractivity contribution < 1.29 is 19.4 Å². The number of ether oxygens (including phenoxy) is 2. The van der Waals surface area contributed by atoms with Crippen LogP contribution in [-0.4, -0.2) is 50.2 Å². The van der Waals surface area contributed by atoms with Crippen LogP contribution in [0.15, 0.2) is 60.7 Å². The molecule has 39 heavy (non-hydrogen) atoms. The molecule has 0 amide bonds. The summed E-state index contributed by atoms with van der Waals surface area (Å²) in [6.45, 7) is 3.08. The van der Waals surface area contributed by atoms with Crippen LogP contribution in [0.25, 0.3) is 21.3 Å². The van der Waals surface area contributed by atoms with E-state index in [9.17, 15) is 9.90 Å². The highest BCUT2D eigenvalue weighted by Gasteiger charge is 2.31. The van der Waals surface area contributed by atoms with Crippen LogP contribution in [0.3, 0.4) is 0 Å². The summed E-state index contributed by atoms with van der Waals surface area (Å²) < 4.78 is 15.9. The maximum atomic E-state index is 11.4. The van der Waals surface area contributed by atoms with E-state index < -0.39 is 5.97 Å². The Morgan fingerprint density at radius 3 is 2.72 bits per heavy atom. The van der Waals surface area contributed by atoms with E-state index in [4.69, 9.17) is 19.4 Å². The highest BCUT2D eigenvalue weighted by atomic mass is 32.1. The molecule has 8 nitrogen and oxygen atoms in total. The quantitative estimate of drug-likeness (QED) is 0.303. The Labute approximate surface area is 229 Å². The number of thiazole rings is 1. The molecule has 1 atom stereocenters. The van der Waals surface area contributed by atoms with E-state index in [0.29, 0.717) is 12.5 Å². The van der Waals surface area contributed by atoms with Gasteiger partial charge in [-0.25, -0.2) is 14.8 Å². The van der Waals surface area contributed by atoms with Gasteiger partial charge in [-0.2, -0.15) is 0 Å². The SMILES string of the molecule is Cn1c(CN2CCC(c3cccc4c3O[C@H](c3nc5ccccc5s3)CO4)CC2)nc2ccc(C(=O)O)cc21. The van der Waals surface area contributed by atoms with Crippen LogP contribution in [0, 0.1) is 0 Å². The van der Waals surface area contributed by atoms with Gasteiger partial charge in [0.05, 0.1) is 33.4 Å². The molecule has 0 radical (unpaired) electrons. The van der Waals surface area contributed by atoms with E-state index in [-0.39, 0.29) is 11.7 Å². The first-order valence-electron chi connectivity index (χ1n) is 13.2. The first-order valence-corrected chi connectivity index (χ1v) is 14.0. The molecule has 198 valence electrons. The van der Waals surface area contributed by atoms with Crippen molar-refractivity contribution in [3.05, 3.63) is 82.6 Å². The number of aryl methyl sites for hydroxylation is 1. The molecular formula is C30H28N4O4S. The van der Waals surface area contributed by atoms with Gasteiger partial charge in [0.2, 0.25) is 0 Å². The molecule has 0 unspecified atom stereocenters. The molecule has 0 aliphatic carbocycles. The fraction of sp³-hybridized carbons (Fsp3) is 0.300. The highest BCUT2D eigenvalue weighted by Crippen LogP contribution is 2.45. The number of piperidine rings is 1. The monoisotopic (exact) mass is 540 g/mol. The van der Waals surface area contributed by atoms with E-state index in [0.717, 1.165) is 76.1 Å². The molecule has 3 aromatic carbocycles. The predicted octanol–water partition coefficient (Wildman–Crippen LogP) is 5.77. The summed E-state index contributed by atoms with van der Waals surface area (Å²) in [5.74, 6) is 2.07. The van der Waals surface area contributed by atoms with E-state index in [1.54, 1.807) is 29.5 Å². The second kappa shape index (κ2) is 9.66. The van der Waals surface area contributed by atoms with E-state index in [1.807, 2.05) is 35.9 Å². The fourth-order valence-corrected chi connectivity index (χ4v) is 6.68. The largest absolute Gasteiger partial charge is 0.485 e. The lowest BCUT2D eigenvalue weighted by Gasteiger charge is -2.34. The zero-order chi connectivity index (χ0) is 26.5. The third-order valence-electron chi connectivity index (χ3n) is 7.86.